The lowest BCUT2D eigenvalue weighted by Gasteiger charge is -2.08. The van der Waals surface area contributed by atoms with Crippen LogP contribution in [0.2, 0.25) is 0 Å². The summed E-state index contributed by atoms with van der Waals surface area (Å²) >= 11 is 0. The van der Waals surface area contributed by atoms with E-state index in [1.165, 1.54) is 0 Å². The molecule has 72 valence electrons. The molecule has 1 atom stereocenters. The third kappa shape index (κ3) is 2.31. The van der Waals surface area contributed by atoms with Crippen molar-refractivity contribution in [2.45, 2.75) is 30.9 Å². The number of nitrogens with two attached hydrogens (primary N) is 1. The number of benzene rings is 1. The van der Waals surface area contributed by atoms with Gasteiger partial charge in [-0.25, -0.2) is 0 Å². The van der Waals surface area contributed by atoms with Crippen LogP contribution < -0.4 is 5.73 Å². The Labute approximate surface area is 81.6 Å². The van der Waals surface area contributed by atoms with Crippen LogP contribution in [-0.2, 0) is 10.8 Å². The SMILES string of the molecule is Cc1cc(N)ccc1S(=O)C(C)C. The van der Waals surface area contributed by atoms with Crippen LogP contribution in [0, 0.1) is 6.92 Å². The van der Waals surface area contributed by atoms with E-state index in [-0.39, 0.29) is 5.25 Å². The molecule has 0 heterocycles. The largest absolute Gasteiger partial charge is 0.399 e. The van der Waals surface area contributed by atoms with Crippen LogP contribution in [0.3, 0.4) is 0 Å². The zero-order valence-electron chi connectivity index (χ0n) is 8.20. The van der Waals surface area contributed by atoms with Gasteiger partial charge >= 0.3 is 0 Å². The van der Waals surface area contributed by atoms with Crippen LogP contribution in [0.4, 0.5) is 5.69 Å². The van der Waals surface area contributed by atoms with Gasteiger partial charge in [-0.3, -0.25) is 4.21 Å². The van der Waals surface area contributed by atoms with Gasteiger partial charge in [0.1, 0.15) is 0 Å². The van der Waals surface area contributed by atoms with Crippen molar-refractivity contribution in [1.29, 1.82) is 0 Å². The Morgan fingerprint density at radius 1 is 1.38 bits per heavy atom. The summed E-state index contributed by atoms with van der Waals surface area (Å²) in [5.74, 6) is 0. The Balaban J connectivity index is 3.09. The normalized spacial score (nSPS) is 13.2. The van der Waals surface area contributed by atoms with E-state index in [0.29, 0.717) is 0 Å². The van der Waals surface area contributed by atoms with Crippen molar-refractivity contribution < 1.29 is 4.21 Å². The Hall–Kier alpha value is -0.830. The topological polar surface area (TPSA) is 43.1 Å². The first-order valence-electron chi connectivity index (χ1n) is 4.29. The fourth-order valence-corrected chi connectivity index (χ4v) is 2.24. The van der Waals surface area contributed by atoms with Crippen molar-refractivity contribution in [1.82, 2.24) is 0 Å². The molecule has 1 unspecified atom stereocenters. The molecule has 13 heavy (non-hydrogen) atoms. The minimum Gasteiger partial charge on any atom is -0.399 e. The van der Waals surface area contributed by atoms with Crippen molar-refractivity contribution in [2.75, 3.05) is 5.73 Å². The molecule has 0 bridgehead atoms. The third-order valence-corrected chi connectivity index (χ3v) is 3.59. The van der Waals surface area contributed by atoms with Crippen LogP contribution in [0.15, 0.2) is 23.1 Å². The van der Waals surface area contributed by atoms with Gasteiger partial charge in [-0.1, -0.05) is 13.8 Å². The van der Waals surface area contributed by atoms with Crippen molar-refractivity contribution in [3.05, 3.63) is 23.8 Å². The molecule has 0 aromatic heterocycles. The summed E-state index contributed by atoms with van der Waals surface area (Å²) in [5.41, 5.74) is 7.34. The molecule has 3 heteroatoms. The molecule has 2 N–H and O–H groups in total. The fourth-order valence-electron chi connectivity index (χ4n) is 1.15. The molecule has 0 spiro atoms. The van der Waals surface area contributed by atoms with Crippen molar-refractivity contribution in [3.8, 4) is 0 Å². The highest BCUT2D eigenvalue weighted by atomic mass is 32.2. The van der Waals surface area contributed by atoms with E-state index >= 15 is 0 Å². The highest BCUT2D eigenvalue weighted by Gasteiger charge is 2.10. The number of hydrogen-bond donors (Lipinski definition) is 1. The van der Waals surface area contributed by atoms with Crippen LogP contribution in [-0.4, -0.2) is 9.46 Å². The first-order chi connectivity index (χ1) is 6.02. The van der Waals surface area contributed by atoms with Gasteiger partial charge in [0, 0.05) is 15.8 Å². The third-order valence-electron chi connectivity index (χ3n) is 1.84. The Morgan fingerprint density at radius 2 is 2.00 bits per heavy atom. The van der Waals surface area contributed by atoms with Gasteiger partial charge in [-0.15, -0.1) is 0 Å². The second-order valence-electron chi connectivity index (χ2n) is 3.37. The van der Waals surface area contributed by atoms with E-state index < -0.39 is 10.8 Å². The molecule has 1 aromatic carbocycles. The molecule has 0 aliphatic carbocycles. The molecule has 0 saturated heterocycles. The summed E-state index contributed by atoms with van der Waals surface area (Å²) in [4.78, 5) is 0.893. The molecule has 0 fully saturated rings. The van der Waals surface area contributed by atoms with Crippen LogP contribution >= 0.6 is 0 Å². The minimum absolute atomic E-state index is 0.155. The second kappa shape index (κ2) is 3.92. The van der Waals surface area contributed by atoms with Gasteiger partial charge in [-0.2, -0.15) is 0 Å². The average Bonchev–Trinajstić information content (AvgIpc) is 2.03. The van der Waals surface area contributed by atoms with Crippen LogP contribution in [0.1, 0.15) is 19.4 Å². The van der Waals surface area contributed by atoms with Crippen LogP contribution in [0.5, 0.6) is 0 Å². The Morgan fingerprint density at radius 3 is 2.46 bits per heavy atom. The molecule has 0 radical (unpaired) electrons. The summed E-state index contributed by atoms with van der Waals surface area (Å²) in [6.45, 7) is 5.84. The molecule has 2 nitrogen and oxygen atoms in total. The lowest BCUT2D eigenvalue weighted by atomic mass is 10.2. The van der Waals surface area contributed by atoms with Gasteiger partial charge in [0.25, 0.3) is 0 Å². The average molecular weight is 197 g/mol. The molecule has 0 aliphatic rings. The summed E-state index contributed by atoms with van der Waals surface area (Å²) in [7, 11) is -0.911. The molecule has 0 amide bonds. The molecular formula is C10H15NOS. The highest BCUT2D eigenvalue weighted by Crippen LogP contribution is 2.18. The minimum atomic E-state index is -0.911. The number of aryl methyl sites for hydroxylation is 1. The molecule has 1 rings (SSSR count). The first kappa shape index (κ1) is 10.3. The van der Waals surface area contributed by atoms with Crippen molar-refractivity contribution in [3.63, 3.8) is 0 Å². The Kier molecular flexibility index (Phi) is 3.09. The maximum atomic E-state index is 11.7. The Bertz CT molecular complexity index is 334. The fraction of sp³-hybridized carbons (Fsp3) is 0.400. The smallest absolute Gasteiger partial charge is 0.0557 e. The maximum Gasteiger partial charge on any atom is 0.0557 e. The summed E-state index contributed by atoms with van der Waals surface area (Å²) in [6.07, 6.45) is 0. The number of anilines is 1. The molecule has 0 saturated carbocycles. The predicted octanol–water partition coefficient (Wildman–Crippen LogP) is 2.09. The zero-order valence-corrected chi connectivity index (χ0v) is 9.02. The lowest BCUT2D eigenvalue weighted by Crippen LogP contribution is -2.07. The van der Waals surface area contributed by atoms with E-state index in [0.717, 1.165) is 16.1 Å². The van der Waals surface area contributed by atoms with E-state index in [9.17, 15) is 4.21 Å². The summed E-state index contributed by atoms with van der Waals surface area (Å²) in [6, 6.07) is 5.50. The molecular weight excluding hydrogens is 182 g/mol. The van der Waals surface area contributed by atoms with E-state index in [1.54, 1.807) is 6.07 Å². The van der Waals surface area contributed by atoms with E-state index in [4.69, 9.17) is 5.73 Å². The summed E-state index contributed by atoms with van der Waals surface area (Å²) in [5, 5.41) is 0.155. The summed E-state index contributed by atoms with van der Waals surface area (Å²) < 4.78 is 11.7. The standard InChI is InChI=1S/C10H15NOS/c1-7(2)13(12)10-5-4-9(11)6-8(10)3/h4-7H,11H2,1-3H3. The van der Waals surface area contributed by atoms with E-state index in [1.807, 2.05) is 32.9 Å². The number of hydrogen-bond acceptors (Lipinski definition) is 2. The van der Waals surface area contributed by atoms with Gasteiger partial charge in [0.2, 0.25) is 0 Å². The highest BCUT2D eigenvalue weighted by molar-refractivity contribution is 7.85. The van der Waals surface area contributed by atoms with E-state index in [2.05, 4.69) is 0 Å². The second-order valence-corrected chi connectivity index (χ2v) is 5.35. The zero-order chi connectivity index (χ0) is 10.0. The van der Waals surface area contributed by atoms with Gasteiger partial charge in [-0.05, 0) is 30.7 Å². The predicted molar refractivity (Wildman–Crippen MR) is 57.1 cm³/mol. The van der Waals surface area contributed by atoms with Gasteiger partial charge < -0.3 is 5.73 Å². The van der Waals surface area contributed by atoms with Gasteiger partial charge in [0.15, 0.2) is 0 Å². The van der Waals surface area contributed by atoms with Gasteiger partial charge in [0.05, 0.1) is 10.8 Å². The van der Waals surface area contributed by atoms with Crippen molar-refractivity contribution in [2.24, 2.45) is 0 Å². The van der Waals surface area contributed by atoms with Crippen molar-refractivity contribution >= 4 is 16.5 Å². The number of nitrogen functional groups attached to an aromatic ring is 1. The molecule has 1 aromatic rings. The maximum absolute atomic E-state index is 11.7. The quantitative estimate of drug-likeness (QED) is 0.738. The monoisotopic (exact) mass is 197 g/mol. The molecule has 0 aliphatic heterocycles. The number of rotatable bonds is 2. The van der Waals surface area contributed by atoms with Crippen LogP contribution in [0.25, 0.3) is 0 Å². The lowest BCUT2D eigenvalue weighted by molar-refractivity contribution is 0.676. The first-order valence-corrected chi connectivity index (χ1v) is 5.50.